The van der Waals surface area contributed by atoms with Gasteiger partial charge in [-0.2, -0.15) is 0 Å². The quantitative estimate of drug-likeness (QED) is 0.679. The summed E-state index contributed by atoms with van der Waals surface area (Å²) in [6.45, 7) is 0. The van der Waals surface area contributed by atoms with Crippen molar-refractivity contribution in [2.75, 3.05) is 26.2 Å². The van der Waals surface area contributed by atoms with Gasteiger partial charge in [-0.15, -0.1) is 11.3 Å². The summed E-state index contributed by atoms with van der Waals surface area (Å²) in [6, 6.07) is 11.5. The highest BCUT2D eigenvalue weighted by atomic mass is 32.1. The number of hydrogen-bond donors (Lipinski definition) is 1. The number of aromatic carboxylic acids is 1. The molecule has 0 bridgehead atoms. The van der Waals surface area contributed by atoms with E-state index in [0.29, 0.717) is 22.3 Å². The average Bonchev–Trinajstić information content (AvgIpc) is 3.22. The summed E-state index contributed by atoms with van der Waals surface area (Å²) in [6.07, 6.45) is 0. The van der Waals surface area contributed by atoms with E-state index in [0.717, 1.165) is 5.56 Å². The van der Waals surface area contributed by atoms with Gasteiger partial charge in [-0.3, -0.25) is 9.69 Å². The topological polar surface area (TPSA) is 89.0 Å². The fraction of sp³-hybridized carbons (Fsp3) is 0.150. The number of carbonyl (C=O) groups is 2. The Kier molecular flexibility index (Phi) is 5.60. The Bertz CT molecular complexity index is 1030. The molecule has 1 heterocycles. The number of nitrogens with zero attached hydrogens (tertiary/aromatic N) is 2. The molecule has 0 fully saturated rings. The molecule has 8 heteroatoms. The summed E-state index contributed by atoms with van der Waals surface area (Å²) in [5, 5.41) is 11.6. The largest absolute Gasteiger partial charge is 0.497 e. The summed E-state index contributed by atoms with van der Waals surface area (Å²) < 4.78 is 10.7. The molecule has 28 heavy (non-hydrogen) atoms. The molecular formula is C20H18N2O5S. The zero-order chi connectivity index (χ0) is 20.3. The van der Waals surface area contributed by atoms with E-state index in [2.05, 4.69) is 4.98 Å². The Morgan fingerprint density at radius 2 is 1.79 bits per heavy atom. The van der Waals surface area contributed by atoms with Crippen LogP contribution in [0.15, 0.2) is 47.8 Å². The summed E-state index contributed by atoms with van der Waals surface area (Å²) in [4.78, 5) is 30.1. The van der Waals surface area contributed by atoms with Gasteiger partial charge in [0, 0.05) is 18.0 Å². The standard InChI is InChI=1S/C20H18N2O5S/c1-22(18(23)13-6-4-5-7-14(13)19(24)25)20-21-16(11-28-20)15-10-12(26-2)8-9-17(15)27-3/h4-11H,1-3H3,(H,24,25). The molecule has 0 saturated heterocycles. The van der Waals surface area contributed by atoms with Crippen molar-refractivity contribution in [3.05, 3.63) is 59.0 Å². The van der Waals surface area contributed by atoms with Gasteiger partial charge in [0.1, 0.15) is 11.5 Å². The van der Waals surface area contributed by atoms with E-state index in [1.54, 1.807) is 57.0 Å². The second-order valence-corrected chi connectivity index (χ2v) is 6.63. The molecule has 0 atom stereocenters. The second kappa shape index (κ2) is 8.10. The predicted molar refractivity (Wildman–Crippen MR) is 107 cm³/mol. The molecule has 3 rings (SSSR count). The minimum Gasteiger partial charge on any atom is -0.497 e. The molecule has 0 aliphatic rings. The minimum atomic E-state index is -1.15. The van der Waals surface area contributed by atoms with Crippen LogP contribution in [0.5, 0.6) is 11.5 Å². The van der Waals surface area contributed by atoms with Crippen LogP contribution in [0.2, 0.25) is 0 Å². The number of methoxy groups -OCH3 is 2. The van der Waals surface area contributed by atoms with Crippen LogP contribution in [0.4, 0.5) is 5.13 Å². The molecule has 0 radical (unpaired) electrons. The third kappa shape index (κ3) is 3.67. The van der Waals surface area contributed by atoms with Gasteiger partial charge in [0.2, 0.25) is 0 Å². The lowest BCUT2D eigenvalue weighted by Crippen LogP contribution is -2.27. The van der Waals surface area contributed by atoms with Gasteiger partial charge >= 0.3 is 5.97 Å². The lowest BCUT2D eigenvalue weighted by Gasteiger charge is -2.15. The van der Waals surface area contributed by atoms with Gasteiger partial charge in [-0.05, 0) is 30.3 Å². The number of rotatable bonds is 6. The molecule has 0 unspecified atom stereocenters. The van der Waals surface area contributed by atoms with Crippen LogP contribution in [-0.2, 0) is 0 Å². The highest BCUT2D eigenvalue weighted by Gasteiger charge is 2.22. The number of carbonyl (C=O) groups excluding carboxylic acids is 1. The van der Waals surface area contributed by atoms with Crippen LogP contribution in [0.1, 0.15) is 20.7 Å². The molecule has 2 aromatic carbocycles. The summed E-state index contributed by atoms with van der Waals surface area (Å²) >= 11 is 1.27. The smallest absolute Gasteiger partial charge is 0.336 e. The van der Waals surface area contributed by atoms with E-state index < -0.39 is 11.9 Å². The van der Waals surface area contributed by atoms with Gasteiger partial charge < -0.3 is 14.6 Å². The van der Waals surface area contributed by atoms with Gasteiger partial charge in [0.05, 0.1) is 31.0 Å². The van der Waals surface area contributed by atoms with E-state index in [4.69, 9.17) is 9.47 Å². The normalized spacial score (nSPS) is 10.4. The summed E-state index contributed by atoms with van der Waals surface area (Å²) in [5.41, 5.74) is 1.41. The molecule has 1 N–H and O–H groups in total. The van der Waals surface area contributed by atoms with Crippen LogP contribution < -0.4 is 14.4 Å². The molecule has 1 aromatic heterocycles. The molecule has 0 aliphatic heterocycles. The number of aromatic nitrogens is 1. The Morgan fingerprint density at radius 3 is 2.43 bits per heavy atom. The Morgan fingerprint density at radius 1 is 1.07 bits per heavy atom. The second-order valence-electron chi connectivity index (χ2n) is 5.80. The van der Waals surface area contributed by atoms with Crippen LogP contribution >= 0.6 is 11.3 Å². The third-order valence-corrected chi connectivity index (χ3v) is 5.07. The van der Waals surface area contributed by atoms with Crippen LogP contribution in [-0.4, -0.2) is 43.2 Å². The van der Waals surface area contributed by atoms with E-state index in [1.807, 2.05) is 0 Å². The highest BCUT2D eigenvalue weighted by molar-refractivity contribution is 7.14. The first-order valence-electron chi connectivity index (χ1n) is 8.24. The molecule has 0 spiro atoms. The van der Waals surface area contributed by atoms with Crippen LogP contribution in [0, 0.1) is 0 Å². The highest BCUT2D eigenvalue weighted by Crippen LogP contribution is 2.36. The van der Waals surface area contributed by atoms with E-state index in [9.17, 15) is 14.7 Å². The molecule has 7 nitrogen and oxygen atoms in total. The number of anilines is 1. The van der Waals surface area contributed by atoms with Gasteiger partial charge in [-0.25, -0.2) is 9.78 Å². The van der Waals surface area contributed by atoms with Gasteiger partial charge in [0.25, 0.3) is 5.91 Å². The van der Waals surface area contributed by atoms with E-state index in [1.165, 1.54) is 28.4 Å². The van der Waals surface area contributed by atoms with Gasteiger partial charge in [-0.1, -0.05) is 12.1 Å². The van der Waals surface area contributed by atoms with Crippen molar-refractivity contribution in [3.8, 4) is 22.8 Å². The van der Waals surface area contributed by atoms with Crippen LogP contribution in [0.3, 0.4) is 0 Å². The third-order valence-electron chi connectivity index (χ3n) is 4.15. The van der Waals surface area contributed by atoms with Crippen molar-refractivity contribution in [2.45, 2.75) is 0 Å². The maximum atomic E-state index is 12.8. The molecule has 3 aromatic rings. The lowest BCUT2D eigenvalue weighted by molar-refractivity contribution is 0.0692. The molecule has 0 aliphatic carbocycles. The van der Waals surface area contributed by atoms with Crippen molar-refractivity contribution in [3.63, 3.8) is 0 Å². The van der Waals surface area contributed by atoms with Crippen LogP contribution in [0.25, 0.3) is 11.3 Å². The van der Waals surface area contributed by atoms with Crippen molar-refractivity contribution < 1.29 is 24.2 Å². The van der Waals surface area contributed by atoms with Crippen molar-refractivity contribution >= 4 is 28.3 Å². The number of carboxylic acid groups (broad SMARTS) is 1. The molecular weight excluding hydrogens is 380 g/mol. The lowest BCUT2D eigenvalue weighted by atomic mass is 10.1. The summed E-state index contributed by atoms with van der Waals surface area (Å²) in [7, 11) is 4.70. The molecule has 144 valence electrons. The maximum absolute atomic E-state index is 12.8. The number of thiazole rings is 1. The maximum Gasteiger partial charge on any atom is 0.336 e. The first-order chi connectivity index (χ1) is 13.5. The van der Waals surface area contributed by atoms with Crippen molar-refractivity contribution in [1.82, 2.24) is 4.98 Å². The Hall–Kier alpha value is -3.39. The zero-order valence-corrected chi connectivity index (χ0v) is 16.3. The number of benzene rings is 2. The zero-order valence-electron chi connectivity index (χ0n) is 15.5. The fourth-order valence-electron chi connectivity index (χ4n) is 2.68. The van der Waals surface area contributed by atoms with E-state index in [-0.39, 0.29) is 11.1 Å². The van der Waals surface area contributed by atoms with Crippen molar-refractivity contribution in [1.29, 1.82) is 0 Å². The number of ether oxygens (including phenoxy) is 2. The SMILES string of the molecule is COc1ccc(OC)c(-c2csc(N(C)C(=O)c3ccccc3C(=O)O)n2)c1. The van der Waals surface area contributed by atoms with E-state index >= 15 is 0 Å². The summed E-state index contributed by atoms with van der Waals surface area (Å²) in [5.74, 6) is -0.317. The van der Waals surface area contributed by atoms with Crippen molar-refractivity contribution in [2.24, 2.45) is 0 Å². The average molecular weight is 398 g/mol. The fourth-order valence-corrected chi connectivity index (χ4v) is 3.47. The predicted octanol–water partition coefficient (Wildman–Crippen LogP) is 3.80. The minimum absolute atomic E-state index is 0.0504. The molecule has 1 amide bonds. The van der Waals surface area contributed by atoms with Gasteiger partial charge in [0.15, 0.2) is 5.13 Å². The first-order valence-corrected chi connectivity index (χ1v) is 9.12. The number of carboxylic acids is 1. The number of hydrogen-bond acceptors (Lipinski definition) is 6. The monoisotopic (exact) mass is 398 g/mol. The Labute approximate surface area is 165 Å². The first kappa shape index (κ1) is 19.4. The Balaban J connectivity index is 1.95. The number of amides is 1. The molecule has 0 saturated carbocycles.